The molecule has 0 atom stereocenters. The van der Waals surface area contributed by atoms with Crippen LogP contribution in [-0.4, -0.2) is 32.2 Å². The maximum Gasteiger partial charge on any atom is 0.224 e. The summed E-state index contributed by atoms with van der Waals surface area (Å²) in [4.78, 5) is 11.5. The first-order valence-corrected chi connectivity index (χ1v) is 9.45. The normalized spacial score (nSPS) is 13.0. The van der Waals surface area contributed by atoms with Crippen molar-refractivity contribution in [3.63, 3.8) is 0 Å². The molecule has 8 heteroatoms. The largest absolute Gasteiger partial charge is 0.326 e. The second-order valence-corrected chi connectivity index (χ2v) is 6.85. The Labute approximate surface area is 159 Å². The van der Waals surface area contributed by atoms with Gasteiger partial charge in [0.25, 0.3) is 0 Å². The number of benzene rings is 2. The summed E-state index contributed by atoms with van der Waals surface area (Å²) in [6.07, 6.45) is 0.431. The third-order valence-corrected chi connectivity index (χ3v) is 5.04. The smallest absolute Gasteiger partial charge is 0.224 e. The molecule has 1 aliphatic rings. The highest BCUT2D eigenvalue weighted by molar-refractivity contribution is 7.99. The lowest BCUT2D eigenvalue weighted by atomic mass is 10.1. The molecule has 0 spiro atoms. The van der Waals surface area contributed by atoms with Crippen molar-refractivity contribution in [2.24, 2.45) is 5.10 Å². The lowest BCUT2D eigenvalue weighted by molar-refractivity contribution is -0.115. The van der Waals surface area contributed by atoms with E-state index in [2.05, 4.69) is 20.6 Å². The number of hydrogen-bond donors (Lipinski definition) is 1. The topological polar surface area (TPSA) is 72.2 Å². The maximum absolute atomic E-state index is 14.1. The molecule has 6 nitrogen and oxygen atoms in total. The molecule has 136 valence electrons. The van der Waals surface area contributed by atoms with E-state index >= 15 is 0 Å². The predicted molar refractivity (Wildman–Crippen MR) is 103 cm³/mol. The van der Waals surface area contributed by atoms with Gasteiger partial charge in [-0.3, -0.25) is 4.79 Å². The Balaban J connectivity index is 1.66. The number of thioether (sulfide) groups is 1. The summed E-state index contributed by atoms with van der Waals surface area (Å²) in [5.41, 5.74) is 2.86. The van der Waals surface area contributed by atoms with E-state index in [1.807, 2.05) is 31.2 Å². The van der Waals surface area contributed by atoms with Crippen LogP contribution in [0.2, 0.25) is 0 Å². The first-order chi connectivity index (χ1) is 13.2. The number of halogens is 1. The summed E-state index contributed by atoms with van der Waals surface area (Å²) < 4.78 is 15.7. The quantitative estimate of drug-likeness (QED) is 0.746. The fraction of sp³-hybridized carbons (Fsp3) is 0.158. The summed E-state index contributed by atoms with van der Waals surface area (Å²) in [6, 6.07) is 13.9. The number of nitrogens with zero attached hydrogens (tertiary/aromatic N) is 4. The number of aromatic nitrogens is 3. The molecule has 0 radical (unpaired) electrons. The molecule has 2 aromatic carbocycles. The Hall–Kier alpha value is -3.00. The number of amides is 1. The number of carbonyl (C=O) groups excluding carboxylic acids is 1. The van der Waals surface area contributed by atoms with Gasteiger partial charge in [0.05, 0.1) is 11.3 Å². The monoisotopic (exact) mass is 381 g/mol. The zero-order chi connectivity index (χ0) is 18.8. The van der Waals surface area contributed by atoms with Crippen molar-refractivity contribution in [3.8, 4) is 11.4 Å². The minimum Gasteiger partial charge on any atom is -0.326 e. The van der Waals surface area contributed by atoms with Crippen molar-refractivity contribution in [1.82, 2.24) is 14.9 Å². The molecule has 3 aromatic rings. The molecule has 0 aliphatic carbocycles. The van der Waals surface area contributed by atoms with Crippen LogP contribution in [0.25, 0.3) is 11.4 Å². The van der Waals surface area contributed by atoms with Crippen LogP contribution in [0.5, 0.6) is 0 Å². The summed E-state index contributed by atoms with van der Waals surface area (Å²) >= 11 is 1.50. The van der Waals surface area contributed by atoms with E-state index in [1.54, 1.807) is 22.9 Å². The minimum atomic E-state index is -0.365. The molecule has 0 saturated heterocycles. The van der Waals surface area contributed by atoms with E-state index in [-0.39, 0.29) is 11.7 Å². The molecule has 0 bridgehead atoms. The van der Waals surface area contributed by atoms with Gasteiger partial charge in [-0.2, -0.15) is 9.78 Å². The van der Waals surface area contributed by atoms with Crippen LogP contribution in [0.3, 0.4) is 0 Å². The fourth-order valence-corrected chi connectivity index (χ4v) is 3.51. The third-order valence-electron chi connectivity index (χ3n) is 4.11. The van der Waals surface area contributed by atoms with E-state index in [0.29, 0.717) is 28.7 Å². The van der Waals surface area contributed by atoms with Crippen molar-refractivity contribution in [1.29, 1.82) is 0 Å². The van der Waals surface area contributed by atoms with Crippen LogP contribution in [0.15, 0.2) is 58.8 Å². The van der Waals surface area contributed by atoms with Gasteiger partial charge < -0.3 is 5.32 Å². The van der Waals surface area contributed by atoms with Gasteiger partial charge in [0.2, 0.25) is 11.1 Å². The molecule has 0 fully saturated rings. The SMILES string of the molecule is CCC(=O)Nc1ccc(C2=Nn3c(nnc3-c3ccccc3F)SC2)cc1. The molecule has 1 N–H and O–H groups in total. The second-order valence-electron chi connectivity index (χ2n) is 5.91. The number of anilines is 1. The van der Waals surface area contributed by atoms with Gasteiger partial charge in [-0.15, -0.1) is 10.2 Å². The summed E-state index contributed by atoms with van der Waals surface area (Å²) in [6.45, 7) is 1.81. The number of hydrogen-bond acceptors (Lipinski definition) is 5. The van der Waals surface area contributed by atoms with Crippen LogP contribution in [-0.2, 0) is 4.79 Å². The standard InChI is InChI=1S/C19H16FN5OS/c1-2-17(26)21-13-9-7-12(8-10-13)16-11-27-19-23-22-18(25(19)24-16)14-5-3-4-6-15(14)20/h3-10H,2,11H2,1H3,(H,21,26). The highest BCUT2D eigenvalue weighted by Gasteiger charge is 2.22. The summed E-state index contributed by atoms with van der Waals surface area (Å²) in [5, 5.41) is 16.3. The second kappa shape index (κ2) is 7.32. The van der Waals surface area contributed by atoms with Gasteiger partial charge in [-0.1, -0.05) is 43.0 Å². The van der Waals surface area contributed by atoms with Crippen molar-refractivity contribution < 1.29 is 9.18 Å². The molecule has 0 saturated carbocycles. The average Bonchev–Trinajstić information content (AvgIpc) is 3.12. The Morgan fingerprint density at radius 2 is 1.96 bits per heavy atom. The number of nitrogens with one attached hydrogen (secondary N) is 1. The maximum atomic E-state index is 14.1. The zero-order valence-corrected chi connectivity index (χ0v) is 15.3. The van der Waals surface area contributed by atoms with Gasteiger partial charge in [0.15, 0.2) is 5.82 Å². The van der Waals surface area contributed by atoms with Gasteiger partial charge in [0, 0.05) is 17.9 Å². The molecule has 2 heterocycles. The zero-order valence-electron chi connectivity index (χ0n) is 14.5. The highest BCUT2D eigenvalue weighted by atomic mass is 32.2. The third kappa shape index (κ3) is 3.48. The molecular weight excluding hydrogens is 365 g/mol. The summed E-state index contributed by atoms with van der Waals surface area (Å²) in [7, 11) is 0. The first-order valence-electron chi connectivity index (χ1n) is 8.47. The van der Waals surface area contributed by atoms with E-state index in [0.717, 1.165) is 17.0 Å². The van der Waals surface area contributed by atoms with Gasteiger partial charge in [-0.25, -0.2) is 4.39 Å². The predicted octanol–water partition coefficient (Wildman–Crippen LogP) is 3.79. The van der Waals surface area contributed by atoms with Crippen molar-refractivity contribution in [2.45, 2.75) is 18.5 Å². The number of carbonyl (C=O) groups is 1. The van der Waals surface area contributed by atoms with Gasteiger partial charge in [-0.05, 0) is 29.8 Å². The Morgan fingerprint density at radius 3 is 2.70 bits per heavy atom. The molecule has 27 heavy (non-hydrogen) atoms. The molecule has 0 unspecified atom stereocenters. The van der Waals surface area contributed by atoms with Crippen LogP contribution in [0, 0.1) is 5.82 Å². The van der Waals surface area contributed by atoms with Crippen molar-refractivity contribution in [2.75, 3.05) is 11.1 Å². The Kier molecular flexibility index (Phi) is 4.72. The molecule has 1 aromatic heterocycles. The Bertz CT molecular complexity index is 1030. The lowest BCUT2D eigenvalue weighted by Gasteiger charge is -2.14. The number of fused-ring (bicyclic) bond motifs is 1. The minimum absolute atomic E-state index is 0.0306. The van der Waals surface area contributed by atoms with Crippen LogP contribution in [0.1, 0.15) is 18.9 Å². The van der Waals surface area contributed by atoms with Gasteiger partial charge >= 0.3 is 0 Å². The van der Waals surface area contributed by atoms with Gasteiger partial charge in [0.1, 0.15) is 5.82 Å². The molecular formula is C19H16FN5OS. The van der Waals surface area contributed by atoms with E-state index in [4.69, 9.17) is 0 Å². The van der Waals surface area contributed by atoms with Crippen LogP contribution >= 0.6 is 11.8 Å². The van der Waals surface area contributed by atoms with Crippen molar-refractivity contribution >= 4 is 29.1 Å². The van der Waals surface area contributed by atoms with Crippen molar-refractivity contribution in [3.05, 3.63) is 59.9 Å². The lowest BCUT2D eigenvalue weighted by Crippen LogP contribution is -2.14. The highest BCUT2D eigenvalue weighted by Crippen LogP contribution is 2.29. The molecule has 1 aliphatic heterocycles. The number of rotatable bonds is 4. The van der Waals surface area contributed by atoms with E-state index < -0.39 is 0 Å². The fourth-order valence-electron chi connectivity index (χ4n) is 2.67. The Morgan fingerprint density at radius 1 is 1.19 bits per heavy atom. The van der Waals surface area contributed by atoms with Crippen LogP contribution in [0.4, 0.5) is 10.1 Å². The van der Waals surface area contributed by atoms with Crippen LogP contribution < -0.4 is 5.32 Å². The first kappa shape index (κ1) is 17.4. The van der Waals surface area contributed by atoms with E-state index in [9.17, 15) is 9.18 Å². The molecule has 1 amide bonds. The molecule has 4 rings (SSSR count). The average molecular weight is 381 g/mol. The van der Waals surface area contributed by atoms with E-state index in [1.165, 1.54) is 17.8 Å². The summed E-state index contributed by atoms with van der Waals surface area (Å²) in [5.74, 6) is 0.614.